The molecule has 2 aromatic rings. The van der Waals surface area contributed by atoms with Crippen LogP contribution in [0.1, 0.15) is 103 Å². The van der Waals surface area contributed by atoms with Gasteiger partial charge in [-0.25, -0.2) is 0 Å². The molecular formula is C38H57ClF4N2O9. The van der Waals surface area contributed by atoms with Crippen molar-refractivity contribution in [2.75, 3.05) is 13.2 Å². The summed E-state index contributed by atoms with van der Waals surface area (Å²) >= 11 is 0. The number of aliphatic hydroxyl groups excluding tert-OH is 2. The fourth-order valence-electron chi connectivity index (χ4n) is 4.29. The molecule has 4 atom stereocenters. The van der Waals surface area contributed by atoms with E-state index in [2.05, 4.69) is 14.8 Å². The van der Waals surface area contributed by atoms with Gasteiger partial charge in [0.15, 0.2) is 0 Å². The van der Waals surface area contributed by atoms with Crippen LogP contribution in [0.15, 0.2) is 48.5 Å². The quantitative estimate of drug-likeness (QED) is 0.103. The van der Waals surface area contributed by atoms with E-state index in [0.717, 1.165) is 31.2 Å². The Morgan fingerprint density at radius 1 is 0.759 bits per heavy atom. The largest absolute Gasteiger partial charge is 0.481 e. The van der Waals surface area contributed by atoms with Gasteiger partial charge in [0.25, 0.3) is 0 Å². The van der Waals surface area contributed by atoms with Gasteiger partial charge in [0.2, 0.25) is 5.91 Å². The van der Waals surface area contributed by atoms with Crippen molar-refractivity contribution in [1.82, 2.24) is 5.32 Å². The van der Waals surface area contributed by atoms with Gasteiger partial charge in [-0.1, -0.05) is 65.8 Å². The third kappa shape index (κ3) is 21.0. The molecule has 0 aliphatic heterocycles. The van der Waals surface area contributed by atoms with Crippen LogP contribution in [0.25, 0.3) is 0 Å². The second-order valence-electron chi connectivity index (χ2n) is 15.3. The van der Waals surface area contributed by atoms with Crippen LogP contribution in [0.5, 0.6) is 11.5 Å². The first-order valence-electron chi connectivity index (χ1n) is 17.6. The van der Waals surface area contributed by atoms with Crippen molar-refractivity contribution >= 4 is 24.3 Å². The second kappa shape index (κ2) is 23.0. The van der Waals surface area contributed by atoms with E-state index in [1.54, 1.807) is 45.0 Å². The van der Waals surface area contributed by atoms with Gasteiger partial charge < -0.3 is 45.3 Å². The Morgan fingerprint density at radius 2 is 1.19 bits per heavy atom. The molecule has 0 bridgehead atoms. The first-order valence-corrected chi connectivity index (χ1v) is 17.6. The fourth-order valence-corrected chi connectivity index (χ4v) is 4.29. The van der Waals surface area contributed by atoms with E-state index in [1.165, 1.54) is 24.3 Å². The summed E-state index contributed by atoms with van der Waals surface area (Å²) in [7, 11) is 0. The number of nitrogens with one attached hydrogen (secondary N) is 1. The van der Waals surface area contributed by atoms with Crippen LogP contribution in [0.3, 0.4) is 0 Å². The number of aliphatic carboxylic acids is 1. The van der Waals surface area contributed by atoms with Gasteiger partial charge >= 0.3 is 19.2 Å². The molecule has 0 saturated heterocycles. The lowest BCUT2D eigenvalue weighted by molar-refractivity contribution is -0.140. The molecule has 2 fully saturated rings. The lowest BCUT2D eigenvalue weighted by atomic mass is 9.87. The normalized spacial score (nSPS) is 16.4. The van der Waals surface area contributed by atoms with Crippen LogP contribution in [-0.2, 0) is 19.1 Å². The second-order valence-corrected chi connectivity index (χ2v) is 15.3. The van der Waals surface area contributed by atoms with Crippen molar-refractivity contribution in [1.29, 1.82) is 0 Å². The molecule has 0 spiro atoms. The van der Waals surface area contributed by atoms with Crippen molar-refractivity contribution in [2.45, 2.75) is 130 Å². The van der Waals surface area contributed by atoms with Crippen LogP contribution in [0, 0.1) is 10.8 Å². The summed E-state index contributed by atoms with van der Waals surface area (Å²) in [4.78, 5) is 22.4. The summed E-state index contributed by atoms with van der Waals surface area (Å²) in [6, 6.07) is 11.8. The molecule has 11 nitrogen and oxygen atoms in total. The molecule has 0 unspecified atom stereocenters. The maximum absolute atomic E-state index is 12.4. The summed E-state index contributed by atoms with van der Waals surface area (Å²) in [5.74, 6) is -1.13. The van der Waals surface area contributed by atoms with Crippen molar-refractivity contribution in [3.05, 3.63) is 59.7 Å². The van der Waals surface area contributed by atoms with E-state index < -0.39 is 42.9 Å². The molecule has 0 radical (unpaired) electrons. The van der Waals surface area contributed by atoms with Crippen molar-refractivity contribution < 1.29 is 61.4 Å². The highest BCUT2D eigenvalue weighted by atomic mass is 35.5. The minimum Gasteiger partial charge on any atom is -0.481 e. The number of ether oxygens (including phenoxy) is 4. The SMILES string of the molecule is CC(C)(C)[C@@H](O)CC(=O)N[C@@H](COC1CC1)c1cccc(OC(F)F)c1.CC(C)(C)[C@@H](O)CC(=O)O.Cl.N[C@@H](COC1CC1)c1cccc(OC(F)F)c1. The number of carbonyl (C=O) groups excluding carboxylic acids is 1. The van der Waals surface area contributed by atoms with Crippen LogP contribution in [-0.4, -0.2) is 78.0 Å². The highest BCUT2D eigenvalue weighted by molar-refractivity contribution is 5.85. The maximum Gasteiger partial charge on any atom is 0.387 e. The smallest absolute Gasteiger partial charge is 0.387 e. The van der Waals surface area contributed by atoms with Crippen LogP contribution in [0.4, 0.5) is 17.6 Å². The number of carboxylic acid groups (broad SMARTS) is 1. The van der Waals surface area contributed by atoms with Gasteiger partial charge in [-0.2, -0.15) is 17.6 Å². The molecular weight excluding hydrogens is 740 g/mol. The molecule has 6 N–H and O–H groups in total. The Kier molecular flexibility index (Phi) is 20.8. The molecule has 2 aromatic carbocycles. The summed E-state index contributed by atoms with van der Waals surface area (Å²) < 4.78 is 68.9. The molecule has 0 heterocycles. The first kappa shape index (κ1) is 48.8. The third-order valence-electron chi connectivity index (χ3n) is 8.14. The first-order chi connectivity index (χ1) is 24.6. The third-order valence-corrected chi connectivity index (χ3v) is 8.14. The van der Waals surface area contributed by atoms with Crippen molar-refractivity contribution in [3.8, 4) is 11.5 Å². The average Bonchev–Trinajstić information content (AvgIpc) is 3.97. The lowest BCUT2D eigenvalue weighted by Crippen LogP contribution is -2.37. The number of hydrogen-bond donors (Lipinski definition) is 5. The topological polar surface area (TPSA) is 170 Å². The van der Waals surface area contributed by atoms with E-state index in [1.807, 2.05) is 20.8 Å². The van der Waals surface area contributed by atoms with Crippen LogP contribution >= 0.6 is 12.4 Å². The van der Waals surface area contributed by atoms with Crippen LogP contribution < -0.4 is 20.5 Å². The highest BCUT2D eigenvalue weighted by Gasteiger charge is 2.28. The number of nitrogens with two attached hydrogens (primary N) is 1. The van der Waals surface area contributed by atoms with Gasteiger partial charge in [0.05, 0.1) is 62.6 Å². The van der Waals surface area contributed by atoms with Gasteiger partial charge in [-0.05, 0) is 71.9 Å². The predicted octanol–water partition coefficient (Wildman–Crippen LogP) is 7.18. The Morgan fingerprint density at radius 3 is 1.59 bits per heavy atom. The Labute approximate surface area is 321 Å². The number of benzene rings is 2. The standard InChI is InChI=1S/C19H27F2NO4.C12H15F2NO2.C7H14O3.ClH/c1-19(2,3)16(23)10-17(24)22-15(11-25-13-7-8-13)12-5-4-6-14(9-12)26-18(20)21;13-12(14)17-10-3-1-2-8(6-10)11(15)7-16-9-4-5-9;1-7(2,3)5(8)4-6(9)10;/h4-6,9,13,15-16,18,23H,7-8,10-11H2,1-3H3,(H,22,24);1-3,6,9,11-12H,4-5,7,15H2;5,8H,4H2,1-3H3,(H,9,10);1H/t15-,16-;11-;5-;/m000./s1. The van der Waals surface area contributed by atoms with E-state index in [9.17, 15) is 37.4 Å². The molecule has 4 rings (SSSR count). The number of carbonyl (C=O) groups is 2. The number of amides is 1. The molecule has 54 heavy (non-hydrogen) atoms. The Bertz CT molecular complexity index is 1400. The van der Waals surface area contributed by atoms with Gasteiger partial charge in [0.1, 0.15) is 11.5 Å². The zero-order valence-electron chi connectivity index (χ0n) is 31.7. The minimum atomic E-state index is -2.91. The maximum atomic E-state index is 12.4. The number of hydrogen-bond acceptors (Lipinski definition) is 9. The van der Waals surface area contributed by atoms with Crippen LogP contribution in [0.2, 0.25) is 0 Å². The molecule has 2 saturated carbocycles. The fraction of sp³-hybridized carbons (Fsp3) is 0.632. The molecule has 2 aliphatic carbocycles. The Hall–Kier alpha value is -3.21. The molecule has 0 aromatic heterocycles. The highest BCUT2D eigenvalue weighted by Crippen LogP contribution is 2.29. The van der Waals surface area contributed by atoms with Gasteiger partial charge in [-0.15, -0.1) is 12.4 Å². The van der Waals surface area contributed by atoms with Gasteiger partial charge in [-0.3, -0.25) is 9.59 Å². The van der Waals surface area contributed by atoms with Crippen molar-refractivity contribution in [2.24, 2.45) is 16.6 Å². The number of carboxylic acids is 1. The molecule has 1 amide bonds. The van der Waals surface area contributed by atoms with E-state index in [-0.39, 0.29) is 66.8 Å². The predicted molar refractivity (Wildman–Crippen MR) is 197 cm³/mol. The average molecular weight is 797 g/mol. The molecule has 308 valence electrons. The van der Waals surface area contributed by atoms with E-state index in [4.69, 9.17) is 20.3 Å². The number of alkyl halides is 4. The van der Waals surface area contributed by atoms with E-state index >= 15 is 0 Å². The van der Waals surface area contributed by atoms with E-state index in [0.29, 0.717) is 18.3 Å². The molecule has 16 heteroatoms. The van der Waals surface area contributed by atoms with Crippen molar-refractivity contribution in [3.63, 3.8) is 0 Å². The Balaban J connectivity index is 0.000000447. The summed E-state index contributed by atoms with van der Waals surface area (Å²) in [5.41, 5.74) is 6.51. The lowest BCUT2D eigenvalue weighted by Gasteiger charge is -2.26. The number of rotatable bonds is 17. The number of halogens is 5. The van der Waals surface area contributed by atoms with Gasteiger partial charge in [0, 0.05) is 0 Å². The summed E-state index contributed by atoms with van der Waals surface area (Å²) in [6.07, 6.45) is 2.89. The summed E-state index contributed by atoms with van der Waals surface area (Å²) in [6.45, 7) is 5.88. The zero-order valence-corrected chi connectivity index (χ0v) is 32.5. The zero-order chi connectivity index (χ0) is 39.9. The minimum absolute atomic E-state index is 0. The summed E-state index contributed by atoms with van der Waals surface area (Å²) in [5, 5.41) is 30.4. The molecule has 2 aliphatic rings. The monoisotopic (exact) mass is 796 g/mol. The number of aliphatic hydroxyl groups is 2.